The molecule has 0 N–H and O–H groups in total. The molecule has 0 aromatic carbocycles. The molecule has 0 unspecified atom stereocenters. The van der Waals surface area contributed by atoms with E-state index in [0.29, 0.717) is 32.0 Å². The number of halogens is 3. The van der Waals surface area contributed by atoms with Crippen molar-refractivity contribution in [3.8, 4) is 11.8 Å². The maximum absolute atomic E-state index is 12.8. The predicted molar refractivity (Wildman–Crippen MR) is 93.9 cm³/mol. The SMILES string of the molecule is COC(=O)C1CCN(c2ncnc(Oc3cc(C(F)(F)F)nn3C)c2[N+](=O)[O-])CC1. The van der Waals surface area contributed by atoms with E-state index in [1.807, 2.05) is 0 Å². The van der Waals surface area contributed by atoms with Crippen LogP contribution in [0.4, 0.5) is 24.7 Å². The molecule has 162 valence electrons. The summed E-state index contributed by atoms with van der Waals surface area (Å²) in [7, 11) is 2.49. The van der Waals surface area contributed by atoms with Crippen LogP contribution < -0.4 is 9.64 Å². The van der Waals surface area contributed by atoms with E-state index in [1.165, 1.54) is 14.2 Å². The van der Waals surface area contributed by atoms with Gasteiger partial charge in [-0.15, -0.1) is 0 Å². The molecule has 2 aromatic rings. The number of anilines is 1. The summed E-state index contributed by atoms with van der Waals surface area (Å²) < 4.78 is 49.3. The minimum absolute atomic E-state index is 0.0495. The molecule has 1 aliphatic heterocycles. The molecule has 0 aliphatic carbocycles. The van der Waals surface area contributed by atoms with Crippen LogP contribution in [0.2, 0.25) is 0 Å². The molecule has 0 bridgehead atoms. The zero-order chi connectivity index (χ0) is 22.1. The molecule has 1 aliphatic rings. The fourth-order valence-corrected chi connectivity index (χ4v) is 3.10. The maximum Gasteiger partial charge on any atom is 0.435 e. The van der Waals surface area contributed by atoms with E-state index in [-0.39, 0.29) is 23.6 Å². The summed E-state index contributed by atoms with van der Waals surface area (Å²) in [6.45, 7) is 0.585. The molecule has 11 nitrogen and oxygen atoms in total. The number of ether oxygens (including phenoxy) is 2. The number of alkyl halides is 3. The van der Waals surface area contributed by atoms with Crippen molar-refractivity contribution < 1.29 is 32.4 Å². The number of nitro groups is 1. The molecule has 30 heavy (non-hydrogen) atoms. The minimum Gasteiger partial charge on any atom is -0.469 e. The minimum atomic E-state index is -4.70. The van der Waals surface area contributed by atoms with Gasteiger partial charge >= 0.3 is 23.7 Å². The summed E-state index contributed by atoms with van der Waals surface area (Å²) in [4.78, 5) is 31.9. The van der Waals surface area contributed by atoms with Gasteiger partial charge < -0.3 is 14.4 Å². The Labute approximate surface area is 167 Å². The predicted octanol–water partition coefficient (Wildman–Crippen LogP) is 2.32. The highest BCUT2D eigenvalue weighted by molar-refractivity contribution is 5.73. The molecule has 0 saturated carbocycles. The van der Waals surface area contributed by atoms with Crippen LogP contribution in [-0.4, -0.2) is 50.8 Å². The Balaban J connectivity index is 1.89. The molecule has 14 heteroatoms. The summed E-state index contributed by atoms with van der Waals surface area (Å²) in [5.41, 5.74) is -1.80. The number of carbonyl (C=O) groups is 1. The lowest BCUT2D eigenvalue weighted by Crippen LogP contribution is -2.37. The van der Waals surface area contributed by atoms with Gasteiger partial charge in [0, 0.05) is 26.2 Å². The van der Waals surface area contributed by atoms with Gasteiger partial charge in [0.05, 0.1) is 18.0 Å². The van der Waals surface area contributed by atoms with Crippen molar-refractivity contribution in [3.05, 3.63) is 28.2 Å². The number of methoxy groups -OCH3 is 1. The van der Waals surface area contributed by atoms with Crippen molar-refractivity contribution in [2.45, 2.75) is 19.0 Å². The van der Waals surface area contributed by atoms with Crippen LogP contribution in [0.3, 0.4) is 0 Å². The zero-order valence-corrected chi connectivity index (χ0v) is 15.9. The van der Waals surface area contributed by atoms with E-state index in [9.17, 15) is 28.1 Å². The van der Waals surface area contributed by atoms with Gasteiger partial charge in [-0.3, -0.25) is 14.9 Å². The first kappa shape index (κ1) is 21.3. The van der Waals surface area contributed by atoms with Gasteiger partial charge in [0.1, 0.15) is 6.33 Å². The summed E-state index contributed by atoms with van der Waals surface area (Å²) in [5, 5.41) is 15.0. The summed E-state index contributed by atoms with van der Waals surface area (Å²) in [6, 6.07) is 0.618. The first-order valence-electron chi connectivity index (χ1n) is 8.73. The summed E-state index contributed by atoms with van der Waals surface area (Å²) in [5.74, 6) is -1.62. The number of rotatable bonds is 5. The molecule has 2 aromatic heterocycles. The van der Waals surface area contributed by atoms with E-state index in [0.717, 1.165) is 11.0 Å². The lowest BCUT2D eigenvalue weighted by molar-refractivity contribution is -0.385. The molecular weight excluding hydrogens is 413 g/mol. The van der Waals surface area contributed by atoms with E-state index in [2.05, 4.69) is 15.1 Å². The average Bonchev–Trinajstić information content (AvgIpc) is 3.08. The lowest BCUT2D eigenvalue weighted by atomic mass is 9.97. The number of esters is 1. The Morgan fingerprint density at radius 1 is 1.30 bits per heavy atom. The number of carbonyl (C=O) groups excluding carboxylic acids is 1. The first-order chi connectivity index (χ1) is 14.1. The van der Waals surface area contributed by atoms with Crippen molar-refractivity contribution in [2.75, 3.05) is 25.1 Å². The number of hydrogen-bond acceptors (Lipinski definition) is 9. The fourth-order valence-electron chi connectivity index (χ4n) is 3.10. The second-order valence-electron chi connectivity index (χ2n) is 6.48. The Hall–Kier alpha value is -3.45. The molecule has 3 heterocycles. The van der Waals surface area contributed by atoms with Crippen molar-refractivity contribution in [3.63, 3.8) is 0 Å². The highest BCUT2D eigenvalue weighted by Crippen LogP contribution is 2.38. The molecule has 0 atom stereocenters. The van der Waals surface area contributed by atoms with Crippen LogP contribution in [0.5, 0.6) is 11.8 Å². The van der Waals surface area contributed by atoms with Gasteiger partial charge in [-0.2, -0.15) is 23.3 Å². The van der Waals surface area contributed by atoms with Crippen LogP contribution in [-0.2, 0) is 22.8 Å². The van der Waals surface area contributed by atoms with Gasteiger partial charge in [-0.1, -0.05) is 0 Å². The standard InChI is InChI=1S/C16H17F3N6O5/c1-23-11(7-10(22-23)16(17,18)19)30-14-12(25(27)28)13(20-8-21-14)24-5-3-9(4-6-24)15(26)29-2/h7-9H,3-6H2,1-2H3. The maximum atomic E-state index is 12.8. The number of piperidine rings is 1. The molecule has 0 amide bonds. The second kappa shape index (κ2) is 8.12. The third kappa shape index (κ3) is 4.26. The molecule has 3 rings (SSSR count). The van der Waals surface area contributed by atoms with Crippen molar-refractivity contribution in [2.24, 2.45) is 13.0 Å². The average molecular weight is 430 g/mol. The van der Waals surface area contributed by atoms with Crippen LogP contribution in [0.25, 0.3) is 0 Å². The first-order valence-corrected chi connectivity index (χ1v) is 8.73. The molecule has 1 saturated heterocycles. The Morgan fingerprint density at radius 3 is 2.50 bits per heavy atom. The quantitative estimate of drug-likeness (QED) is 0.399. The van der Waals surface area contributed by atoms with Gasteiger partial charge in [0.25, 0.3) is 0 Å². The van der Waals surface area contributed by atoms with E-state index >= 15 is 0 Å². The van der Waals surface area contributed by atoms with E-state index in [4.69, 9.17) is 9.47 Å². The largest absolute Gasteiger partial charge is 0.469 e. The Bertz CT molecular complexity index is 955. The smallest absolute Gasteiger partial charge is 0.435 e. The third-order valence-corrected chi connectivity index (χ3v) is 4.61. The summed E-state index contributed by atoms with van der Waals surface area (Å²) >= 11 is 0. The number of aryl methyl sites for hydroxylation is 1. The van der Waals surface area contributed by atoms with Crippen LogP contribution in [0.15, 0.2) is 12.4 Å². The molecular formula is C16H17F3N6O5. The third-order valence-electron chi connectivity index (χ3n) is 4.61. The normalized spacial score (nSPS) is 15.2. The number of hydrogen-bond donors (Lipinski definition) is 0. The van der Waals surface area contributed by atoms with Crippen molar-refractivity contribution >= 4 is 17.5 Å². The second-order valence-corrected chi connectivity index (χ2v) is 6.48. The molecule has 0 radical (unpaired) electrons. The highest BCUT2D eigenvalue weighted by Gasteiger charge is 2.36. The van der Waals surface area contributed by atoms with Gasteiger partial charge in [-0.05, 0) is 12.8 Å². The number of nitrogens with zero attached hydrogens (tertiary/aromatic N) is 6. The topological polar surface area (TPSA) is 126 Å². The zero-order valence-electron chi connectivity index (χ0n) is 15.9. The summed E-state index contributed by atoms with van der Waals surface area (Å²) in [6.07, 6.45) is -2.88. The monoisotopic (exact) mass is 430 g/mol. The Morgan fingerprint density at radius 2 is 1.97 bits per heavy atom. The van der Waals surface area contributed by atoms with Crippen LogP contribution in [0, 0.1) is 16.0 Å². The van der Waals surface area contributed by atoms with Crippen LogP contribution >= 0.6 is 0 Å². The Kier molecular flexibility index (Phi) is 5.75. The van der Waals surface area contributed by atoms with E-state index in [1.54, 1.807) is 4.90 Å². The van der Waals surface area contributed by atoms with Crippen molar-refractivity contribution in [1.82, 2.24) is 19.7 Å². The van der Waals surface area contributed by atoms with Crippen LogP contribution in [0.1, 0.15) is 18.5 Å². The van der Waals surface area contributed by atoms with Gasteiger partial charge in [-0.25, -0.2) is 9.67 Å². The molecule has 1 fully saturated rings. The van der Waals surface area contributed by atoms with E-state index < -0.39 is 28.4 Å². The number of aromatic nitrogens is 4. The van der Waals surface area contributed by atoms with Gasteiger partial charge in [0.15, 0.2) is 5.69 Å². The highest BCUT2D eigenvalue weighted by atomic mass is 19.4. The lowest BCUT2D eigenvalue weighted by Gasteiger charge is -2.31. The van der Waals surface area contributed by atoms with Crippen molar-refractivity contribution in [1.29, 1.82) is 0 Å². The van der Waals surface area contributed by atoms with Gasteiger partial charge in [0.2, 0.25) is 11.7 Å². The fraction of sp³-hybridized carbons (Fsp3) is 0.500. The molecule has 0 spiro atoms.